The summed E-state index contributed by atoms with van der Waals surface area (Å²) in [6, 6.07) is 3.70. The number of amides is 1. The van der Waals surface area contributed by atoms with Gasteiger partial charge in [-0.25, -0.2) is 0 Å². The number of carbonyl (C=O) groups is 1. The molecule has 0 spiro atoms. The molecule has 1 aromatic rings. The summed E-state index contributed by atoms with van der Waals surface area (Å²) in [6.45, 7) is 5.32. The largest absolute Gasteiger partial charge is 0.479 e. The fourth-order valence-corrected chi connectivity index (χ4v) is 1.84. The van der Waals surface area contributed by atoms with E-state index in [-0.39, 0.29) is 5.91 Å². The Morgan fingerprint density at radius 2 is 2.24 bits per heavy atom. The van der Waals surface area contributed by atoms with E-state index in [4.69, 9.17) is 15.2 Å². The van der Waals surface area contributed by atoms with Gasteiger partial charge < -0.3 is 20.5 Å². The van der Waals surface area contributed by atoms with E-state index in [2.05, 4.69) is 10.3 Å². The molecule has 0 fully saturated rings. The lowest BCUT2D eigenvalue weighted by molar-refractivity contribution is -0.127. The van der Waals surface area contributed by atoms with Crippen LogP contribution in [-0.2, 0) is 16.0 Å². The van der Waals surface area contributed by atoms with Crippen LogP contribution in [0.4, 0.5) is 0 Å². The van der Waals surface area contributed by atoms with Gasteiger partial charge in [-0.15, -0.1) is 0 Å². The molecule has 6 nitrogen and oxygen atoms in total. The molecule has 0 radical (unpaired) electrons. The van der Waals surface area contributed by atoms with Gasteiger partial charge >= 0.3 is 0 Å². The fraction of sp³-hybridized carbons (Fsp3) is 0.600. The Morgan fingerprint density at radius 1 is 1.48 bits per heavy atom. The average molecular weight is 295 g/mol. The summed E-state index contributed by atoms with van der Waals surface area (Å²) < 4.78 is 10.6. The van der Waals surface area contributed by atoms with E-state index in [1.54, 1.807) is 14.0 Å². The molecule has 3 N–H and O–H groups in total. The van der Waals surface area contributed by atoms with Crippen LogP contribution in [0.5, 0.6) is 5.75 Å². The summed E-state index contributed by atoms with van der Waals surface area (Å²) in [7, 11) is 1.64. The molecule has 1 atom stereocenters. The zero-order valence-corrected chi connectivity index (χ0v) is 13.0. The van der Waals surface area contributed by atoms with Gasteiger partial charge in [0.05, 0.1) is 5.69 Å². The molecule has 0 bridgehead atoms. The van der Waals surface area contributed by atoms with Crippen molar-refractivity contribution in [3.8, 4) is 5.75 Å². The van der Waals surface area contributed by atoms with Gasteiger partial charge in [0.25, 0.3) is 5.91 Å². The number of nitrogens with zero attached hydrogens (tertiary/aromatic N) is 1. The normalized spacial score (nSPS) is 12.0. The number of hydrogen-bond donors (Lipinski definition) is 2. The summed E-state index contributed by atoms with van der Waals surface area (Å²) in [5, 5.41) is 2.81. The van der Waals surface area contributed by atoms with Gasteiger partial charge in [-0.3, -0.25) is 9.78 Å². The van der Waals surface area contributed by atoms with Crippen LogP contribution in [0.15, 0.2) is 12.1 Å². The molecular weight excluding hydrogens is 270 g/mol. The highest BCUT2D eigenvalue weighted by atomic mass is 16.5. The monoisotopic (exact) mass is 295 g/mol. The first kappa shape index (κ1) is 17.4. The van der Waals surface area contributed by atoms with E-state index in [0.29, 0.717) is 31.9 Å². The van der Waals surface area contributed by atoms with E-state index < -0.39 is 6.10 Å². The Bertz CT molecular complexity index is 452. The number of nitrogens with two attached hydrogens (primary N) is 1. The Kier molecular flexibility index (Phi) is 7.71. The Labute approximate surface area is 126 Å². The SMILES string of the molecule is COCCCNC(=O)C(C)Oc1ccc(C)nc1CCN. The molecule has 6 heteroatoms. The van der Waals surface area contributed by atoms with Gasteiger partial charge in [0.2, 0.25) is 0 Å². The van der Waals surface area contributed by atoms with Crippen molar-refractivity contribution in [3.63, 3.8) is 0 Å². The fourth-order valence-electron chi connectivity index (χ4n) is 1.84. The first-order chi connectivity index (χ1) is 10.1. The molecule has 1 rings (SSSR count). The minimum absolute atomic E-state index is 0.148. The van der Waals surface area contributed by atoms with Gasteiger partial charge in [0, 0.05) is 32.4 Å². The van der Waals surface area contributed by atoms with Crippen LogP contribution in [0, 0.1) is 6.92 Å². The van der Waals surface area contributed by atoms with E-state index in [9.17, 15) is 4.79 Å². The number of methoxy groups -OCH3 is 1. The van der Waals surface area contributed by atoms with Crippen molar-refractivity contribution < 1.29 is 14.3 Å². The van der Waals surface area contributed by atoms with Gasteiger partial charge in [0.1, 0.15) is 5.75 Å². The van der Waals surface area contributed by atoms with Gasteiger partial charge in [-0.1, -0.05) is 0 Å². The highest BCUT2D eigenvalue weighted by molar-refractivity contribution is 5.80. The van der Waals surface area contributed by atoms with Crippen molar-refractivity contribution in [2.75, 3.05) is 26.8 Å². The number of hydrogen-bond acceptors (Lipinski definition) is 5. The lowest BCUT2D eigenvalue weighted by Crippen LogP contribution is -2.37. The highest BCUT2D eigenvalue weighted by Gasteiger charge is 2.16. The summed E-state index contributed by atoms with van der Waals surface area (Å²) in [6.07, 6.45) is 0.826. The van der Waals surface area contributed by atoms with Crippen molar-refractivity contribution in [1.29, 1.82) is 0 Å². The maximum atomic E-state index is 11.9. The van der Waals surface area contributed by atoms with Gasteiger partial charge in [-0.2, -0.15) is 0 Å². The van der Waals surface area contributed by atoms with Crippen LogP contribution < -0.4 is 15.8 Å². The Balaban J connectivity index is 2.57. The maximum absolute atomic E-state index is 11.9. The second kappa shape index (κ2) is 9.31. The molecule has 1 aromatic heterocycles. The molecule has 0 aliphatic carbocycles. The van der Waals surface area contributed by atoms with E-state index in [1.165, 1.54) is 0 Å². The standard InChI is InChI=1S/C15H25N3O3/c1-11-5-6-14(13(18-11)7-8-16)21-12(2)15(19)17-9-4-10-20-3/h5-6,12H,4,7-10,16H2,1-3H3,(H,17,19). The van der Waals surface area contributed by atoms with E-state index in [1.807, 2.05) is 19.1 Å². The third-order valence-corrected chi connectivity index (χ3v) is 2.95. The molecule has 0 aliphatic rings. The number of rotatable bonds is 9. The second-order valence-electron chi connectivity index (χ2n) is 4.83. The van der Waals surface area contributed by atoms with Crippen LogP contribution in [0.2, 0.25) is 0 Å². The first-order valence-electron chi connectivity index (χ1n) is 7.18. The third kappa shape index (κ3) is 6.10. The lowest BCUT2D eigenvalue weighted by Gasteiger charge is -2.17. The predicted octanol–water partition coefficient (Wildman–Crippen LogP) is 0.811. The van der Waals surface area contributed by atoms with Crippen LogP contribution in [0.1, 0.15) is 24.7 Å². The van der Waals surface area contributed by atoms with E-state index >= 15 is 0 Å². The average Bonchev–Trinajstić information content (AvgIpc) is 2.46. The summed E-state index contributed by atoms with van der Waals surface area (Å²) >= 11 is 0. The number of nitrogens with one attached hydrogen (secondary N) is 1. The number of pyridine rings is 1. The number of aromatic nitrogens is 1. The molecule has 0 saturated heterocycles. The van der Waals surface area contributed by atoms with Gasteiger partial charge in [-0.05, 0) is 38.9 Å². The zero-order chi connectivity index (χ0) is 15.7. The first-order valence-corrected chi connectivity index (χ1v) is 7.18. The summed E-state index contributed by atoms with van der Waals surface area (Å²) in [5.41, 5.74) is 7.27. The zero-order valence-electron chi connectivity index (χ0n) is 13.0. The summed E-state index contributed by atoms with van der Waals surface area (Å²) in [5.74, 6) is 0.468. The van der Waals surface area contributed by atoms with E-state index in [0.717, 1.165) is 17.8 Å². The molecule has 0 aromatic carbocycles. The minimum Gasteiger partial charge on any atom is -0.479 e. The van der Waals surface area contributed by atoms with Crippen LogP contribution in [-0.4, -0.2) is 43.8 Å². The Hall–Kier alpha value is -1.66. The topological polar surface area (TPSA) is 86.5 Å². The van der Waals surface area contributed by atoms with Crippen molar-refractivity contribution in [1.82, 2.24) is 10.3 Å². The number of ether oxygens (including phenoxy) is 2. The third-order valence-electron chi connectivity index (χ3n) is 2.95. The van der Waals surface area contributed by atoms with Crippen molar-refractivity contribution in [3.05, 3.63) is 23.5 Å². The molecule has 21 heavy (non-hydrogen) atoms. The minimum atomic E-state index is -0.575. The molecular formula is C15H25N3O3. The summed E-state index contributed by atoms with van der Waals surface area (Å²) in [4.78, 5) is 16.3. The number of aryl methyl sites for hydroxylation is 1. The van der Waals surface area contributed by atoms with Crippen molar-refractivity contribution >= 4 is 5.91 Å². The van der Waals surface area contributed by atoms with Crippen LogP contribution >= 0.6 is 0 Å². The molecule has 1 amide bonds. The maximum Gasteiger partial charge on any atom is 0.260 e. The number of carbonyl (C=O) groups excluding carboxylic acids is 1. The second-order valence-corrected chi connectivity index (χ2v) is 4.83. The quantitative estimate of drug-likeness (QED) is 0.658. The lowest BCUT2D eigenvalue weighted by atomic mass is 10.2. The molecule has 1 unspecified atom stereocenters. The van der Waals surface area contributed by atoms with Crippen molar-refractivity contribution in [2.45, 2.75) is 32.8 Å². The molecule has 118 valence electrons. The highest BCUT2D eigenvalue weighted by Crippen LogP contribution is 2.18. The predicted molar refractivity (Wildman–Crippen MR) is 81.3 cm³/mol. The smallest absolute Gasteiger partial charge is 0.260 e. The van der Waals surface area contributed by atoms with Crippen LogP contribution in [0.3, 0.4) is 0 Å². The van der Waals surface area contributed by atoms with Gasteiger partial charge in [0.15, 0.2) is 6.10 Å². The van der Waals surface area contributed by atoms with Crippen LogP contribution in [0.25, 0.3) is 0 Å². The molecule has 0 saturated carbocycles. The Morgan fingerprint density at radius 3 is 2.90 bits per heavy atom. The molecule has 0 aliphatic heterocycles. The van der Waals surface area contributed by atoms with Crippen molar-refractivity contribution in [2.24, 2.45) is 5.73 Å². The molecule has 1 heterocycles.